The molecular weight excluding hydrogens is 260 g/mol. The Morgan fingerprint density at radius 1 is 1.41 bits per heavy atom. The molecule has 0 aliphatic heterocycles. The number of likely N-dealkylation sites (N-methyl/N-ethyl adjacent to an activating group) is 2. The highest BCUT2D eigenvalue weighted by molar-refractivity contribution is 7.89. The fourth-order valence-corrected chi connectivity index (χ4v) is 3.06. The maximum Gasteiger partial charge on any atom is 0.243 e. The monoisotopic (exact) mass is 276 g/mol. The molecular formula is C11H17ClN2O2S. The van der Waals surface area contributed by atoms with Gasteiger partial charge in [0.2, 0.25) is 10.0 Å². The lowest BCUT2D eigenvalue weighted by Gasteiger charge is -2.18. The van der Waals surface area contributed by atoms with Crippen LogP contribution in [0.1, 0.15) is 5.56 Å². The number of nitrogens with zero attached hydrogens (tertiary/aromatic N) is 1. The van der Waals surface area contributed by atoms with Crippen LogP contribution in [0, 0.1) is 6.92 Å². The van der Waals surface area contributed by atoms with Gasteiger partial charge >= 0.3 is 0 Å². The molecule has 0 bridgehead atoms. The summed E-state index contributed by atoms with van der Waals surface area (Å²) in [6.07, 6.45) is 0. The number of hydrogen-bond donors (Lipinski definition) is 1. The highest BCUT2D eigenvalue weighted by Crippen LogP contribution is 2.21. The summed E-state index contributed by atoms with van der Waals surface area (Å²) in [6, 6.07) is 4.79. The third kappa shape index (κ3) is 3.42. The van der Waals surface area contributed by atoms with E-state index >= 15 is 0 Å². The Morgan fingerprint density at radius 3 is 2.59 bits per heavy atom. The molecule has 4 nitrogen and oxygen atoms in total. The second-order valence-electron chi connectivity index (χ2n) is 3.84. The zero-order valence-electron chi connectivity index (χ0n) is 10.2. The van der Waals surface area contributed by atoms with E-state index in [-0.39, 0.29) is 0 Å². The van der Waals surface area contributed by atoms with Gasteiger partial charge in [-0.3, -0.25) is 0 Å². The van der Waals surface area contributed by atoms with E-state index in [0.29, 0.717) is 28.6 Å². The average molecular weight is 277 g/mol. The van der Waals surface area contributed by atoms with Crippen LogP contribution in [0.3, 0.4) is 0 Å². The Bertz CT molecular complexity index is 488. The van der Waals surface area contributed by atoms with E-state index in [4.69, 9.17) is 11.6 Å². The van der Waals surface area contributed by atoms with Crippen LogP contribution in [0.15, 0.2) is 23.1 Å². The van der Waals surface area contributed by atoms with Crippen molar-refractivity contribution in [2.24, 2.45) is 0 Å². The van der Waals surface area contributed by atoms with Gasteiger partial charge in [-0.05, 0) is 37.7 Å². The van der Waals surface area contributed by atoms with E-state index in [1.807, 2.05) is 0 Å². The van der Waals surface area contributed by atoms with Crippen molar-refractivity contribution < 1.29 is 8.42 Å². The summed E-state index contributed by atoms with van der Waals surface area (Å²) in [6.45, 7) is 2.79. The molecule has 0 atom stereocenters. The van der Waals surface area contributed by atoms with Crippen molar-refractivity contribution in [3.8, 4) is 0 Å². The Labute approximate surface area is 108 Å². The van der Waals surface area contributed by atoms with Crippen molar-refractivity contribution in [1.82, 2.24) is 9.62 Å². The summed E-state index contributed by atoms with van der Waals surface area (Å²) in [4.78, 5) is 0.306. The lowest BCUT2D eigenvalue weighted by Crippen LogP contribution is -2.33. The maximum atomic E-state index is 12.2. The van der Waals surface area contributed by atoms with Crippen LogP contribution in [-0.2, 0) is 10.0 Å². The van der Waals surface area contributed by atoms with Gasteiger partial charge in [0.15, 0.2) is 0 Å². The van der Waals surface area contributed by atoms with Gasteiger partial charge < -0.3 is 5.32 Å². The molecule has 0 aromatic heterocycles. The molecule has 1 N–H and O–H groups in total. The van der Waals surface area contributed by atoms with Crippen LogP contribution in [0.2, 0.25) is 5.02 Å². The lowest BCUT2D eigenvalue weighted by atomic mass is 10.2. The van der Waals surface area contributed by atoms with Gasteiger partial charge in [0, 0.05) is 25.2 Å². The second-order valence-corrected chi connectivity index (χ2v) is 6.29. The van der Waals surface area contributed by atoms with E-state index in [9.17, 15) is 8.42 Å². The first-order chi connectivity index (χ1) is 7.89. The zero-order valence-corrected chi connectivity index (χ0v) is 11.8. The molecule has 96 valence electrons. The van der Waals surface area contributed by atoms with E-state index in [1.165, 1.54) is 4.31 Å². The number of nitrogens with one attached hydrogen (secondary N) is 1. The summed E-state index contributed by atoms with van der Waals surface area (Å²) in [7, 11) is -0.0681. The zero-order chi connectivity index (χ0) is 13.1. The minimum absolute atomic E-state index is 0.306. The molecule has 0 fully saturated rings. The minimum Gasteiger partial charge on any atom is -0.318 e. The third-order valence-corrected chi connectivity index (χ3v) is 4.75. The van der Waals surface area contributed by atoms with Crippen molar-refractivity contribution in [2.75, 3.05) is 27.2 Å². The molecule has 0 radical (unpaired) electrons. The first kappa shape index (κ1) is 14.4. The molecule has 0 saturated carbocycles. The molecule has 0 spiro atoms. The van der Waals surface area contributed by atoms with Crippen molar-refractivity contribution >= 4 is 21.6 Å². The molecule has 1 aromatic rings. The number of benzene rings is 1. The predicted octanol–water partition coefficient (Wildman–Crippen LogP) is 1.49. The van der Waals surface area contributed by atoms with Gasteiger partial charge in [0.1, 0.15) is 0 Å². The third-order valence-electron chi connectivity index (χ3n) is 2.50. The van der Waals surface area contributed by atoms with Crippen LogP contribution in [-0.4, -0.2) is 39.9 Å². The first-order valence-corrected chi connectivity index (χ1v) is 7.08. The molecule has 0 saturated heterocycles. The molecule has 0 aliphatic rings. The Balaban J connectivity index is 3.04. The van der Waals surface area contributed by atoms with E-state index in [1.54, 1.807) is 39.2 Å². The molecule has 0 unspecified atom stereocenters. The standard InChI is InChI=1S/C11H17ClN2O2S/c1-9-8-10(12)4-5-11(9)17(15,16)14(3)7-6-13-2/h4-5,8,13H,6-7H2,1-3H3. The molecule has 1 rings (SSSR count). The Morgan fingerprint density at radius 2 is 2.06 bits per heavy atom. The number of halogens is 1. The molecule has 0 amide bonds. The van der Waals surface area contributed by atoms with Crippen molar-refractivity contribution in [3.05, 3.63) is 28.8 Å². The number of hydrogen-bond acceptors (Lipinski definition) is 3. The van der Waals surface area contributed by atoms with Crippen LogP contribution < -0.4 is 5.32 Å². The largest absolute Gasteiger partial charge is 0.318 e. The van der Waals surface area contributed by atoms with Gasteiger partial charge in [0.05, 0.1) is 4.90 Å². The van der Waals surface area contributed by atoms with Crippen molar-refractivity contribution in [1.29, 1.82) is 0 Å². The topological polar surface area (TPSA) is 49.4 Å². The fourth-order valence-electron chi connectivity index (χ4n) is 1.46. The normalized spacial score (nSPS) is 12.1. The second kappa shape index (κ2) is 5.82. The van der Waals surface area contributed by atoms with E-state index < -0.39 is 10.0 Å². The minimum atomic E-state index is -3.42. The summed E-state index contributed by atoms with van der Waals surface area (Å²) >= 11 is 5.81. The number of aryl methyl sites for hydroxylation is 1. The highest BCUT2D eigenvalue weighted by atomic mass is 35.5. The van der Waals surface area contributed by atoms with E-state index in [0.717, 1.165) is 0 Å². The number of rotatable bonds is 5. The van der Waals surface area contributed by atoms with Crippen molar-refractivity contribution in [2.45, 2.75) is 11.8 Å². The smallest absolute Gasteiger partial charge is 0.243 e. The van der Waals surface area contributed by atoms with Crippen molar-refractivity contribution in [3.63, 3.8) is 0 Å². The SMILES string of the molecule is CNCCN(C)S(=O)(=O)c1ccc(Cl)cc1C. The highest BCUT2D eigenvalue weighted by Gasteiger charge is 2.22. The molecule has 0 aliphatic carbocycles. The quantitative estimate of drug-likeness (QED) is 0.886. The van der Waals surface area contributed by atoms with Gasteiger partial charge in [-0.2, -0.15) is 4.31 Å². The Hall–Kier alpha value is -0.620. The maximum absolute atomic E-state index is 12.2. The van der Waals surface area contributed by atoms with Gasteiger partial charge in [-0.1, -0.05) is 11.6 Å². The van der Waals surface area contributed by atoms with Crippen LogP contribution in [0.5, 0.6) is 0 Å². The molecule has 6 heteroatoms. The fraction of sp³-hybridized carbons (Fsp3) is 0.455. The van der Waals surface area contributed by atoms with Crippen LogP contribution >= 0.6 is 11.6 Å². The van der Waals surface area contributed by atoms with Gasteiger partial charge in [-0.15, -0.1) is 0 Å². The molecule has 1 aromatic carbocycles. The van der Waals surface area contributed by atoms with Gasteiger partial charge in [-0.25, -0.2) is 8.42 Å². The Kier molecular flexibility index (Phi) is 4.94. The van der Waals surface area contributed by atoms with E-state index in [2.05, 4.69) is 5.32 Å². The average Bonchev–Trinajstić information content (AvgIpc) is 2.25. The van der Waals surface area contributed by atoms with Crippen LogP contribution in [0.25, 0.3) is 0 Å². The summed E-state index contributed by atoms with van der Waals surface area (Å²) in [5.41, 5.74) is 0.661. The van der Waals surface area contributed by atoms with Gasteiger partial charge in [0.25, 0.3) is 0 Å². The lowest BCUT2D eigenvalue weighted by molar-refractivity contribution is 0.465. The summed E-state index contributed by atoms with van der Waals surface area (Å²) in [5, 5.41) is 3.46. The summed E-state index contributed by atoms with van der Waals surface area (Å²) in [5.74, 6) is 0. The predicted molar refractivity (Wildman–Crippen MR) is 69.9 cm³/mol. The van der Waals surface area contributed by atoms with Crippen LogP contribution in [0.4, 0.5) is 0 Å². The number of sulfonamides is 1. The summed E-state index contributed by atoms with van der Waals surface area (Å²) < 4.78 is 25.8. The molecule has 17 heavy (non-hydrogen) atoms. The molecule has 0 heterocycles. The first-order valence-electron chi connectivity index (χ1n) is 5.26.